The van der Waals surface area contributed by atoms with Crippen molar-refractivity contribution in [3.63, 3.8) is 0 Å². The Morgan fingerprint density at radius 2 is 1.67 bits per heavy atom. The number of hydrogen-bond donors (Lipinski definition) is 1. The van der Waals surface area contributed by atoms with Gasteiger partial charge in [-0.25, -0.2) is 4.83 Å². The first-order valence-electron chi connectivity index (χ1n) is 10.4. The van der Waals surface area contributed by atoms with E-state index >= 15 is 0 Å². The summed E-state index contributed by atoms with van der Waals surface area (Å²) in [7, 11) is -2.18. The molecule has 0 heterocycles. The van der Waals surface area contributed by atoms with Gasteiger partial charge in [0.25, 0.3) is 10.0 Å². The number of sulfonamides is 1. The van der Waals surface area contributed by atoms with Crippen LogP contribution in [-0.2, 0) is 16.6 Å². The zero-order valence-corrected chi connectivity index (χ0v) is 19.2. The highest BCUT2D eigenvalue weighted by molar-refractivity contribution is 7.89. The van der Waals surface area contributed by atoms with E-state index in [4.69, 9.17) is 9.47 Å². The van der Waals surface area contributed by atoms with Crippen molar-refractivity contribution in [3.05, 3.63) is 102 Å². The summed E-state index contributed by atoms with van der Waals surface area (Å²) in [4.78, 5) is 2.38. The number of ether oxygens (including phenoxy) is 2. The molecule has 0 spiro atoms. The Kier molecular flexibility index (Phi) is 6.60. The van der Waals surface area contributed by atoms with Crippen molar-refractivity contribution >= 4 is 27.0 Å². The Hall–Kier alpha value is -3.84. The number of benzene rings is 4. The van der Waals surface area contributed by atoms with Crippen LogP contribution in [0.15, 0.2) is 94.9 Å². The second kappa shape index (κ2) is 9.75. The standard InChI is InChI=1S/C26H24N2O4S/c1-19-10-13-23(14-11-19)33(29,30)28-27-17-20-12-15-25(26(16-20)31-2)32-18-22-8-5-7-21-6-3-4-9-24(21)22/h3-17,28H,18H2,1-2H3/b27-17-. The number of nitrogens with zero attached hydrogens (tertiary/aromatic N) is 1. The molecule has 0 aromatic heterocycles. The van der Waals surface area contributed by atoms with Gasteiger partial charge in [0.15, 0.2) is 11.5 Å². The Balaban J connectivity index is 1.46. The van der Waals surface area contributed by atoms with E-state index in [1.807, 2.05) is 31.2 Å². The summed E-state index contributed by atoms with van der Waals surface area (Å²) < 4.78 is 36.2. The molecular formula is C26H24N2O4S. The van der Waals surface area contributed by atoms with Gasteiger partial charge >= 0.3 is 0 Å². The van der Waals surface area contributed by atoms with Gasteiger partial charge in [-0.15, -0.1) is 0 Å². The monoisotopic (exact) mass is 460 g/mol. The normalized spacial score (nSPS) is 11.6. The minimum atomic E-state index is -3.73. The van der Waals surface area contributed by atoms with Crippen LogP contribution in [0.4, 0.5) is 0 Å². The third-order valence-electron chi connectivity index (χ3n) is 5.17. The maximum atomic E-state index is 12.4. The number of fused-ring (bicyclic) bond motifs is 1. The fourth-order valence-electron chi connectivity index (χ4n) is 3.40. The Labute approximate surface area is 193 Å². The molecule has 0 radical (unpaired) electrons. The smallest absolute Gasteiger partial charge is 0.276 e. The second-order valence-corrected chi connectivity index (χ2v) is 9.16. The van der Waals surface area contributed by atoms with Gasteiger partial charge in [0, 0.05) is 0 Å². The van der Waals surface area contributed by atoms with E-state index in [1.165, 1.54) is 18.3 Å². The van der Waals surface area contributed by atoms with Crippen molar-refractivity contribution in [2.24, 2.45) is 5.10 Å². The van der Waals surface area contributed by atoms with Crippen LogP contribution in [0.3, 0.4) is 0 Å². The molecule has 4 rings (SSSR count). The zero-order chi connectivity index (χ0) is 23.3. The van der Waals surface area contributed by atoms with Gasteiger partial charge in [-0.2, -0.15) is 13.5 Å². The average Bonchev–Trinajstić information content (AvgIpc) is 2.83. The Morgan fingerprint density at radius 1 is 0.909 bits per heavy atom. The molecule has 0 amide bonds. The van der Waals surface area contributed by atoms with Gasteiger partial charge in [-0.1, -0.05) is 60.2 Å². The first kappa shape index (κ1) is 22.4. The number of methoxy groups -OCH3 is 1. The molecule has 168 valence electrons. The summed E-state index contributed by atoms with van der Waals surface area (Å²) in [5.74, 6) is 1.11. The molecule has 0 unspecified atom stereocenters. The highest BCUT2D eigenvalue weighted by Crippen LogP contribution is 2.29. The van der Waals surface area contributed by atoms with E-state index in [0.717, 1.165) is 21.9 Å². The van der Waals surface area contributed by atoms with Crippen LogP contribution in [0.2, 0.25) is 0 Å². The van der Waals surface area contributed by atoms with Crippen LogP contribution in [0.25, 0.3) is 10.8 Å². The molecule has 1 N–H and O–H groups in total. The Morgan fingerprint density at radius 3 is 2.45 bits per heavy atom. The van der Waals surface area contributed by atoms with E-state index in [-0.39, 0.29) is 4.90 Å². The third kappa shape index (κ3) is 5.32. The van der Waals surface area contributed by atoms with E-state index in [1.54, 1.807) is 37.4 Å². The van der Waals surface area contributed by atoms with Crippen molar-refractivity contribution in [2.45, 2.75) is 18.4 Å². The molecule has 0 bridgehead atoms. The molecule has 6 nitrogen and oxygen atoms in total. The van der Waals surface area contributed by atoms with Crippen LogP contribution >= 0.6 is 0 Å². The molecule has 0 aliphatic rings. The molecule has 0 saturated heterocycles. The molecule has 33 heavy (non-hydrogen) atoms. The van der Waals surface area contributed by atoms with Crippen molar-refractivity contribution in [1.82, 2.24) is 4.83 Å². The summed E-state index contributed by atoms with van der Waals surface area (Å²) in [5, 5.41) is 6.19. The molecule has 0 fully saturated rings. The lowest BCUT2D eigenvalue weighted by Crippen LogP contribution is -2.18. The van der Waals surface area contributed by atoms with Crippen LogP contribution < -0.4 is 14.3 Å². The van der Waals surface area contributed by atoms with Crippen LogP contribution in [0, 0.1) is 6.92 Å². The number of nitrogens with one attached hydrogen (secondary N) is 1. The van der Waals surface area contributed by atoms with Gasteiger partial charge in [-0.05, 0) is 59.2 Å². The largest absolute Gasteiger partial charge is 0.493 e. The van der Waals surface area contributed by atoms with Crippen molar-refractivity contribution in [3.8, 4) is 11.5 Å². The van der Waals surface area contributed by atoms with E-state index in [9.17, 15) is 8.42 Å². The molecule has 0 saturated carbocycles. The first-order valence-corrected chi connectivity index (χ1v) is 11.8. The summed E-state index contributed by atoms with van der Waals surface area (Å²) in [6.07, 6.45) is 1.42. The predicted octanol–water partition coefficient (Wildman–Crippen LogP) is 5.05. The maximum Gasteiger partial charge on any atom is 0.276 e. The lowest BCUT2D eigenvalue weighted by molar-refractivity contribution is 0.285. The van der Waals surface area contributed by atoms with Crippen LogP contribution in [0.1, 0.15) is 16.7 Å². The summed E-state index contributed by atoms with van der Waals surface area (Å²) in [5.41, 5.74) is 2.72. The third-order valence-corrected chi connectivity index (χ3v) is 6.41. The molecule has 4 aromatic carbocycles. The topological polar surface area (TPSA) is 77.0 Å². The van der Waals surface area contributed by atoms with E-state index in [0.29, 0.717) is 23.7 Å². The lowest BCUT2D eigenvalue weighted by atomic mass is 10.1. The first-order chi connectivity index (χ1) is 16.0. The highest BCUT2D eigenvalue weighted by atomic mass is 32.2. The molecular weight excluding hydrogens is 436 g/mol. The number of aryl methyl sites for hydroxylation is 1. The number of rotatable bonds is 8. The Bertz CT molecular complexity index is 1390. The average molecular weight is 461 g/mol. The zero-order valence-electron chi connectivity index (χ0n) is 18.4. The molecule has 0 aliphatic heterocycles. The predicted molar refractivity (Wildman–Crippen MR) is 130 cm³/mol. The molecule has 0 aliphatic carbocycles. The molecule has 4 aromatic rings. The number of hydrogen-bond acceptors (Lipinski definition) is 5. The molecule has 0 atom stereocenters. The quantitative estimate of drug-likeness (QED) is 0.295. The van der Waals surface area contributed by atoms with Gasteiger partial charge in [0.2, 0.25) is 0 Å². The fraction of sp³-hybridized carbons (Fsp3) is 0.115. The van der Waals surface area contributed by atoms with Crippen molar-refractivity contribution in [2.75, 3.05) is 7.11 Å². The molecule has 7 heteroatoms. The number of hydrazone groups is 1. The SMILES string of the molecule is COc1cc(/C=N\NS(=O)(=O)c2ccc(C)cc2)ccc1OCc1cccc2ccccc12. The van der Waals surface area contributed by atoms with Gasteiger partial charge < -0.3 is 9.47 Å². The van der Waals surface area contributed by atoms with E-state index < -0.39 is 10.0 Å². The van der Waals surface area contributed by atoms with Gasteiger partial charge in [-0.3, -0.25) is 0 Å². The minimum Gasteiger partial charge on any atom is -0.493 e. The van der Waals surface area contributed by atoms with Crippen LogP contribution in [-0.4, -0.2) is 21.7 Å². The highest BCUT2D eigenvalue weighted by Gasteiger charge is 2.12. The maximum absolute atomic E-state index is 12.4. The fourth-order valence-corrected chi connectivity index (χ4v) is 4.19. The van der Waals surface area contributed by atoms with E-state index in [2.05, 4.69) is 28.1 Å². The summed E-state index contributed by atoms with van der Waals surface area (Å²) >= 11 is 0. The summed E-state index contributed by atoms with van der Waals surface area (Å²) in [6, 6.07) is 26.1. The van der Waals surface area contributed by atoms with Gasteiger partial charge in [0.1, 0.15) is 6.61 Å². The lowest BCUT2D eigenvalue weighted by Gasteiger charge is -2.12. The second-order valence-electron chi connectivity index (χ2n) is 7.50. The van der Waals surface area contributed by atoms with Gasteiger partial charge in [0.05, 0.1) is 18.2 Å². The van der Waals surface area contributed by atoms with Crippen LogP contribution in [0.5, 0.6) is 11.5 Å². The summed E-state index contributed by atoms with van der Waals surface area (Å²) in [6.45, 7) is 2.28. The van der Waals surface area contributed by atoms with Crippen molar-refractivity contribution in [1.29, 1.82) is 0 Å². The minimum absolute atomic E-state index is 0.153. The van der Waals surface area contributed by atoms with Crippen molar-refractivity contribution < 1.29 is 17.9 Å².